The van der Waals surface area contributed by atoms with E-state index in [0.29, 0.717) is 12.1 Å². The zero-order valence-electron chi connectivity index (χ0n) is 13.5. The van der Waals surface area contributed by atoms with E-state index in [4.69, 9.17) is 0 Å². The minimum Gasteiger partial charge on any atom is -0.344 e. The molecule has 23 heavy (non-hydrogen) atoms. The molecule has 2 unspecified atom stereocenters. The molecule has 4 nitrogen and oxygen atoms in total. The molecule has 2 N–H and O–H groups in total. The Balaban J connectivity index is 1.97. The van der Waals surface area contributed by atoms with E-state index in [1.165, 1.54) is 0 Å². The van der Waals surface area contributed by atoms with E-state index in [0.717, 1.165) is 5.56 Å². The fourth-order valence-electron chi connectivity index (χ4n) is 2.41. The van der Waals surface area contributed by atoms with Gasteiger partial charge >= 0.3 is 0 Å². The molecule has 2 aromatic carbocycles. The van der Waals surface area contributed by atoms with E-state index in [9.17, 15) is 9.59 Å². The van der Waals surface area contributed by atoms with Gasteiger partial charge < -0.3 is 10.6 Å². The Morgan fingerprint density at radius 1 is 0.913 bits per heavy atom. The summed E-state index contributed by atoms with van der Waals surface area (Å²) in [5.41, 5.74) is 1.68. The first-order chi connectivity index (χ1) is 11.1. The maximum absolute atomic E-state index is 12.5. The average Bonchev–Trinajstić information content (AvgIpc) is 2.57. The fourth-order valence-corrected chi connectivity index (χ4v) is 2.41. The summed E-state index contributed by atoms with van der Waals surface area (Å²) in [6, 6.07) is 18.2. The Morgan fingerprint density at radius 2 is 1.48 bits per heavy atom. The van der Waals surface area contributed by atoms with Crippen molar-refractivity contribution < 1.29 is 9.59 Å². The lowest BCUT2D eigenvalue weighted by atomic mass is 9.95. The van der Waals surface area contributed by atoms with Crippen LogP contribution in [0.5, 0.6) is 0 Å². The molecule has 0 saturated carbocycles. The van der Waals surface area contributed by atoms with Crippen LogP contribution in [-0.4, -0.2) is 17.9 Å². The molecular weight excluding hydrogens is 288 g/mol. The monoisotopic (exact) mass is 310 g/mol. The minimum atomic E-state index is -0.597. The Kier molecular flexibility index (Phi) is 5.92. The van der Waals surface area contributed by atoms with Crippen molar-refractivity contribution >= 4 is 17.5 Å². The van der Waals surface area contributed by atoms with Crippen molar-refractivity contribution in [1.29, 1.82) is 0 Å². The van der Waals surface area contributed by atoms with Crippen LogP contribution in [0.4, 0.5) is 5.69 Å². The lowest BCUT2D eigenvalue weighted by Gasteiger charge is -2.19. The van der Waals surface area contributed by atoms with Gasteiger partial charge in [-0.25, -0.2) is 0 Å². The summed E-state index contributed by atoms with van der Waals surface area (Å²) in [6.45, 7) is 3.65. The summed E-state index contributed by atoms with van der Waals surface area (Å²) in [5.74, 6) is -0.606. The van der Waals surface area contributed by atoms with Crippen molar-refractivity contribution in [3.63, 3.8) is 0 Å². The first-order valence-electron chi connectivity index (χ1n) is 7.83. The highest BCUT2D eigenvalue weighted by molar-refractivity contribution is 5.97. The molecule has 120 valence electrons. The van der Waals surface area contributed by atoms with Crippen LogP contribution >= 0.6 is 0 Å². The van der Waals surface area contributed by atoms with Gasteiger partial charge in [0.2, 0.25) is 11.8 Å². The van der Waals surface area contributed by atoms with Crippen LogP contribution in [0.3, 0.4) is 0 Å². The molecule has 2 rings (SSSR count). The first kappa shape index (κ1) is 16.7. The summed E-state index contributed by atoms with van der Waals surface area (Å²) in [4.78, 5) is 24.6. The van der Waals surface area contributed by atoms with Gasteiger partial charge in [0.25, 0.3) is 0 Å². The van der Waals surface area contributed by atoms with Gasteiger partial charge in [-0.1, -0.05) is 55.5 Å². The third-order valence-electron chi connectivity index (χ3n) is 3.72. The predicted molar refractivity (Wildman–Crippen MR) is 92.2 cm³/mol. The second kappa shape index (κ2) is 8.13. The number of nitrogens with one attached hydrogen (secondary N) is 2. The smallest absolute Gasteiger partial charge is 0.246 e. The largest absolute Gasteiger partial charge is 0.344 e. The molecule has 4 heteroatoms. The van der Waals surface area contributed by atoms with Crippen LogP contribution in [0.25, 0.3) is 0 Å². The highest BCUT2D eigenvalue weighted by atomic mass is 16.2. The summed E-state index contributed by atoms with van der Waals surface area (Å²) < 4.78 is 0. The fraction of sp³-hybridized carbons (Fsp3) is 0.263. The molecule has 0 bridgehead atoms. The average molecular weight is 310 g/mol. The Hall–Kier alpha value is -2.62. The number of rotatable bonds is 6. The Bertz CT molecular complexity index is 641. The van der Waals surface area contributed by atoms with Crippen molar-refractivity contribution in [3.8, 4) is 0 Å². The quantitative estimate of drug-likeness (QED) is 0.860. The summed E-state index contributed by atoms with van der Waals surface area (Å²) >= 11 is 0. The minimum absolute atomic E-state index is 0.130. The Morgan fingerprint density at radius 3 is 2.04 bits per heavy atom. The normalized spacial score (nSPS) is 13.0. The van der Waals surface area contributed by atoms with Gasteiger partial charge in [0, 0.05) is 5.69 Å². The second-order valence-electron chi connectivity index (χ2n) is 5.46. The van der Waals surface area contributed by atoms with Crippen LogP contribution in [0, 0.1) is 0 Å². The van der Waals surface area contributed by atoms with Crippen LogP contribution in [0.1, 0.15) is 31.7 Å². The molecule has 0 radical (unpaired) electrons. The zero-order valence-corrected chi connectivity index (χ0v) is 13.5. The standard InChI is InChI=1S/C19H22N2O2/c1-3-17(15-10-6-4-7-11-15)19(23)20-14(2)18(22)21-16-12-8-5-9-13-16/h4-14,17H,3H2,1-2H3,(H,20,23)(H,21,22). The predicted octanol–water partition coefficient (Wildman–Crippen LogP) is 3.32. The second-order valence-corrected chi connectivity index (χ2v) is 5.46. The van der Waals surface area contributed by atoms with Crippen molar-refractivity contribution in [3.05, 3.63) is 66.2 Å². The third-order valence-corrected chi connectivity index (χ3v) is 3.72. The van der Waals surface area contributed by atoms with Crippen LogP contribution in [0.2, 0.25) is 0 Å². The number of amides is 2. The van der Waals surface area contributed by atoms with E-state index < -0.39 is 6.04 Å². The third kappa shape index (κ3) is 4.68. The van der Waals surface area contributed by atoms with Crippen molar-refractivity contribution in [1.82, 2.24) is 5.32 Å². The molecule has 0 saturated heterocycles. The van der Waals surface area contributed by atoms with Gasteiger partial charge in [-0.15, -0.1) is 0 Å². The molecule has 2 amide bonds. The van der Waals surface area contributed by atoms with Crippen molar-refractivity contribution in [2.75, 3.05) is 5.32 Å². The van der Waals surface area contributed by atoms with Crippen LogP contribution < -0.4 is 10.6 Å². The van der Waals surface area contributed by atoms with Gasteiger partial charge in [-0.3, -0.25) is 9.59 Å². The van der Waals surface area contributed by atoms with Gasteiger partial charge in [-0.2, -0.15) is 0 Å². The van der Waals surface area contributed by atoms with Crippen LogP contribution in [-0.2, 0) is 9.59 Å². The molecule has 0 aliphatic carbocycles. The van der Waals surface area contributed by atoms with Gasteiger partial charge in [0.05, 0.1) is 5.92 Å². The molecule has 0 fully saturated rings. The summed E-state index contributed by atoms with van der Waals surface area (Å²) in [5, 5.41) is 5.59. The molecule has 0 aliphatic heterocycles. The number of anilines is 1. The molecule has 2 aromatic rings. The van der Waals surface area contributed by atoms with E-state index in [1.54, 1.807) is 6.92 Å². The number of para-hydroxylation sites is 1. The molecule has 0 aromatic heterocycles. The van der Waals surface area contributed by atoms with E-state index >= 15 is 0 Å². The Labute approximate surface area is 136 Å². The zero-order chi connectivity index (χ0) is 16.7. The summed E-state index contributed by atoms with van der Waals surface area (Å²) in [6.07, 6.45) is 0.683. The molecule has 0 heterocycles. The molecular formula is C19H22N2O2. The topological polar surface area (TPSA) is 58.2 Å². The molecule has 0 spiro atoms. The SMILES string of the molecule is CCC(C(=O)NC(C)C(=O)Nc1ccccc1)c1ccccc1. The first-order valence-corrected chi connectivity index (χ1v) is 7.83. The van der Waals surface area contributed by atoms with E-state index in [1.807, 2.05) is 67.6 Å². The van der Waals surface area contributed by atoms with Crippen LogP contribution in [0.15, 0.2) is 60.7 Å². The number of hydrogen-bond acceptors (Lipinski definition) is 2. The maximum Gasteiger partial charge on any atom is 0.246 e. The maximum atomic E-state index is 12.5. The highest BCUT2D eigenvalue weighted by Crippen LogP contribution is 2.19. The number of benzene rings is 2. The van der Waals surface area contributed by atoms with Gasteiger partial charge in [0.1, 0.15) is 6.04 Å². The van der Waals surface area contributed by atoms with Crippen molar-refractivity contribution in [2.24, 2.45) is 0 Å². The van der Waals surface area contributed by atoms with Crippen molar-refractivity contribution in [2.45, 2.75) is 32.2 Å². The van der Waals surface area contributed by atoms with Gasteiger partial charge in [-0.05, 0) is 31.0 Å². The molecule has 0 aliphatic rings. The lowest BCUT2D eigenvalue weighted by Crippen LogP contribution is -2.43. The number of carbonyl (C=O) groups excluding carboxylic acids is 2. The highest BCUT2D eigenvalue weighted by Gasteiger charge is 2.22. The van der Waals surface area contributed by atoms with Gasteiger partial charge in [0.15, 0.2) is 0 Å². The van der Waals surface area contributed by atoms with E-state index in [2.05, 4.69) is 10.6 Å². The van der Waals surface area contributed by atoms with E-state index in [-0.39, 0.29) is 17.7 Å². The number of hydrogen-bond donors (Lipinski definition) is 2. The summed E-state index contributed by atoms with van der Waals surface area (Å²) in [7, 11) is 0. The lowest BCUT2D eigenvalue weighted by molar-refractivity contribution is -0.127. The number of carbonyl (C=O) groups is 2. The molecule has 2 atom stereocenters.